The Hall–Kier alpha value is -0.500. The first-order valence-corrected chi connectivity index (χ1v) is 17.1. The van der Waals surface area contributed by atoms with E-state index in [2.05, 4.69) is 16.0 Å². The maximum atomic E-state index is 11.8. The third-order valence-electron chi connectivity index (χ3n) is 6.72. The van der Waals surface area contributed by atoms with Crippen molar-refractivity contribution in [3.63, 3.8) is 0 Å². The molecule has 38 heavy (non-hydrogen) atoms. The molecule has 0 rings (SSSR count). The number of nitrogens with two attached hydrogens (primary N) is 1. The lowest BCUT2D eigenvalue weighted by molar-refractivity contribution is -0.147. The van der Waals surface area contributed by atoms with Crippen LogP contribution in [0, 0.1) is 0 Å². The molecule has 0 radical (unpaired) electrons. The van der Waals surface area contributed by atoms with Gasteiger partial charge in [0.05, 0.1) is 13.2 Å². The normalized spacial score (nSPS) is 13.9. The minimum absolute atomic E-state index is 0.0770. The van der Waals surface area contributed by atoms with Crippen molar-refractivity contribution in [1.29, 1.82) is 0 Å². The fourth-order valence-corrected chi connectivity index (χ4v) is 5.17. The van der Waals surface area contributed by atoms with Gasteiger partial charge in [0.25, 0.3) is 0 Å². The molecule has 2 atom stereocenters. The topological polar surface area (TPSA) is 128 Å². The molecule has 0 aliphatic heterocycles. The lowest BCUT2D eigenvalue weighted by atomic mass is 10.0. The lowest BCUT2D eigenvalue weighted by Crippen LogP contribution is -2.23. The highest BCUT2D eigenvalue weighted by Crippen LogP contribution is 2.42. The van der Waals surface area contributed by atoms with Gasteiger partial charge < -0.3 is 20.5 Å². The molecule has 0 bridgehead atoms. The number of rotatable bonds is 30. The van der Waals surface area contributed by atoms with Gasteiger partial charge in [-0.3, -0.25) is 13.8 Å². The van der Waals surface area contributed by atoms with E-state index in [1.54, 1.807) is 0 Å². The van der Waals surface area contributed by atoms with Crippen LogP contribution in [0.4, 0.5) is 0 Å². The third kappa shape index (κ3) is 28.5. The van der Waals surface area contributed by atoms with Crippen LogP contribution < -0.4 is 5.73 Å². The third-order valence-corrected chi connectivity index (χ3v) is 7.71. The van der Waals surface area contributed by atoms with Crippen LogP contribution in [0.25, 0.3) is 0 Å². The molecule has 8 nitrogen and oxygen atoms in total. The molecule has 0 spiro atoms. The summed E-state index contributed by atoms with van der Waals surface area (Å²) in [5.74, 6) is -0.381. The van der Waals surface area contributed by atoms with Gasteiger partial charge in [0.1, 0.15) is 12.7 Å². The number of esters is 1. The highest BCUT2D eigenvalue weighted by Gasteiger charge is 2.22. The number of hydrogen-bond acceptors (Lipinski definition) is 7. The minimum Gasteiger partial charge on any atom is -0.463 e. The van der Waals surface area contributed by atoms with Crippen LogP contribution in [0.15, 0.2) is 0 Å². The van der Waals surface area contributed by atoms with Crippen LogP contribution in [0.2, 0.25) is 0 Å². The van der Waals surface area contributed by atoms with E-state index in [9.17, 15) is 19.4 Å². The van der Waals surface area contributed by atoms with Crippen molar-refractivity contribution < 1.29 is 33.1 Å². The summed E-state index contributed by atoms with van der Waals surface area (Å²) in [7, 11) is -4.24. The summed E-state index contributed by atoms with van der Waals surface area (Å²) < 4.78 is 25.6. The Balaban J connectivity index is 3.32. The number of carbonyl (C=O) groups excluding carboxylic acids is 1. The van der Waals surface area contributed by atoms with Gasteiger partial charge in [-0.15, -0.1) is 0 Å². The SMILES string of the molecule is CCCCCCCCCCCCCCCCCCCCCCCC(=O)OCC(O)COP(=O)(O)OCCN. The Morgan fingerprint density at radius 3 is 1.47 bits per heavy atom. The van der Waals surface area contributed by atoms with E-state index in [0.717, 1.165) is 19.3 Å². The van der Waals surface area contributed by atoms with Crippen molar-refractivity contribution in [2.45, 2.75) is 154 Å². The van der Waals surface area contributed by atoms with E-state index in [4.69, 9.17) is 10.5 Å². The average Bonchev–Trinajstić information content (AvgIpc) is 2.90. The van der Waals surface area contributed by atoms with Gasteiger partial charge in [0, 0.05) is 13.0 Å². The highest BCUT2D eigenvalue weighted by molar-refractivity contribution is 7.47. The van der Waals surface area contributed by atoms with E-state index in [1.807, 2.05) is 0 Å². The Morgan fingerprint density at radius 2 is 1.08 bits per heavy atom. The molecular formula is C29H60NO7P. The molecule has 228 valence electrons. The summed E-state index contributed by atoms with van der Waals surface area (Å²) in [5, 5.41) is 9.72. The molecule has 0 aromatic carbocycles. The van der Waals surface area contributed by atoms with Crippen LogP contribution in [-0.4, -0.2) is 48.4 Å². The Morgan fingerprint density at radius 1 is 0.684 bits per heavy atom. The number of aliphatic hydroxyl groups is 1. The number of aliphatic hydroxyl groups excluding tert-OH is 1. The molecule has 2 unspecified atom stereocenters. The zero-order valence-corrected chi connectivity index (χ0v) is 25.3. The van der Waals surface area contributed by atoms with Gasteiger partial charge >= 0.3 is 13.8 Å². The van der Waals surface area contributed by atoms with Crippen molar-refractivity contribution in [1.82, 2.24) is 0 Å². The molecule has 0 fully saturated rings. The van der Waals surface area contributed by atoms with E-state index in [0.29, 0.717) is 6.42 Å². The molecule has 4 N–H and O–H groups in total. The fraction of sp³-hybridized carbons (Fsp3) is 0.966. The smallest absolute Gasteiger partial charge is 0.463 e. The number of phosphoric ester groups is 1. The summed E-state index contributed by atoms with van der Waals surface area (Å²) in [4.78, 5) is 21.1. The Labute approximate surface area is 233 Å². The van der Waals surface area contributed by atoms with E-state index < -0.39 is 20.5 Å². The predicted octanol–water partition coefficient (Wildman–Crippen LogP) is 7.58. The summed E-state index contributed by atoms with van der Waals surface area (Å²) >= 11 is 0. The summed E-state index contributed by atoms with van der Waals surface area (Å²) in [5.41, 5.74) is 5.18. The van der Waals surface area contributed by atoms with Crippen LogP contribution in [0.3, 0.4) is 0 Å². The van der Waals surface area contributed by atoms with Gasteiger partial charge in [0.2, 0.25) is 0 Å². The molecule has 0 saturated heterocycles. The number of carbonyl (C=O) groups is 1. The minimum atomic E-state index is -4.24. The van der Waals surface area contributed by atoms with Gasteiger partial charge in [-0.1, -0.05) is 135 Å². The molecule has 0 aliphatic carbocycles. The van der Waals surface area contributed by atoms with Crippen molar-refractivity contribution in [3.05, 3.63) is 0 Å². The van der Waals surface area contributed by atoms with Gasteiger partial charge in [-0.05, 0) is 6.42 Å². The number of unbranched alkanes of at least 4 members (excludes halogenated alkanes) is 20. The highest BCUT2D eigenvalue weighted by atomic mass is 31.2. The largest absolute Gasteiger partial charge is 0.472 e. The molecule has 0 saturated carbocycles. The number of hydrogen-bond donors (Lipinski definition) is 3. The maximum absolute atomic E-state index is 11.8. The predicted molar refractivity (Wildman–Crippen MR) is 155 cm³/mol. The zero-order valence-electron chi connectivity index (χ0n) is 24.4. The van der Waals surface area contributed by atoms with Crippen molar-refractivity contribution >= 4 is 13.8 Å². The molecule has 0 aliphatic rings. The van der Waals surface area contributed by atoms with Crippen molar-refractivity contribution in [2.24, 2.45) is 5.73 Å². The second kappa shape index (κ2) is 28.0. The van der Waals surface area contributed by atoms with Crippen LogP contribution >= 0.6 is 7.82 Å². The maximum Gasteiger partial charge on any atom is 0.472 e. The summed E-state index contributed by atoms with van der Waals surface area (Å²) in [6.07, 6.45) is 26.8. The van der Waals surface area contributed by atoms with E-state index >= 15 is 0 Å². The zero-order chi connectivity index (χ0) is 28.2. The van der Waals surface area contributed by atoms with Gasteiger partial charge in [-0.25, -0.2) is 4.57 Å². The quantitative estimate of drug-likeness (QED) is 0.0462. The molecule has 0 aromatic rings. The van der Waals surface area contributed by atoms with E-state index in [1.165, 1.54) is 116 Å². The summed E-state index contributed by atoms with van der Waals surface area (Å²) in [6.45, 7) is 1.48. The van der Waals surface area contributed by atoms with Crippen molar-refractivity contribution in [2.75, 3.05) is 26.4 Å². The average molecular weight is 566 g/mol. The molecule has 9 heteroatoms. The first-order chi connectivity index (χ1) is 18.4. The Bertz CT molecular complexity index is 565. The first kappa shape index (κ1) is 37.5. The second-order valence-corrected chi connectivity index (χ2v) is 12.0. The van der Waals surface area contributed by atoms with Crippen LogP contribution in [0.1, 0.15) is 148 Å². The molecule has 0 aromatic heterocycles. The van der Waals surface area contributed by atoms with E-state index in [-0.39, 0.29) is 25.7 Å². The van der Waals surface area contributed by atoms with Gasteiger partial charge in [-0.2, -0.15) is 0 Å². The van der Waals surface area contributed by atoms with Crippen LogP contribution in [0.5, 0.6) is 0 Å². The Kier molecular flexibility index (Phi) is 27.7. The molecule has 0 heterocycles. The standard InChI is InChI=1S/C29H60NO7P/c1-2-3-4-5-6-7-8-9-10-11-12-13-14-15-16-17-18-19-20-21-22-23-29(32)35-26-28(31)27-37-38(33,34)36-25-24-30/h28,31H,2-27,30H2,1H3,(H,33,34). The number of ether oxygens (including phenoxy) is 1. The molecular weight excluding hydrogens is 505 g/mol. The number of phosphoric acid groups is 1. The van der Waals surface area contributed by atoms with Crippen LogP contribution in [-0.2, 0) is 23.1 Å². The fourth-order valence-electron chi connectivity index (χ4n) is 4.40. The second-order valence-electron chi connectivity index (χ2n) is 10.5. The summed E-state index contributed by atoms with van der Waals surface area (Å²) in [6, 6.07) is 0. The first-order valence-electron chi connectivity index (χ1n) is 15.6. The lowest BCUT2D eigenvalue weighted by Gasteiger charge is -2.15. The van der Waals surface area contributed by atoms with Crippen molar-refractivity contribution in [3.8, 4) is 0 Å². The van der Waals surface area contributed by atoms with Gasteiger partial charge in [0.15, 0.2) is 0 Å². The molecule has 0 amide bonds. The monoisotopic (exact) mass is 565 g/mol.